The van der Waals surface area contributed by atoms with Gasteiger partial charge in [-0.25, -0.2) is 0 Å². The van der Waals surface area contributed by atoms with Crippen LogP contribution in [-0.4, -0.2) is 49.3 Å². The number of likely N-dealkylation sites (tertiary alicyclic amines) is 1. The summed E-state index contributed by atoms with van der Waals surface area (Å²) in [7, 11) is 2.20. The molecule has 16 heavy (non-hydrogen) atoms. The molecule has 0 radical (unpaired) electrons. The molecule has 0 aliphatic carbocycles. The van der Waals surface area contributed by atoms with E-state index < -0.39 is 0 Å². The highest BCUT2D eigenvalue weighted by molar-refractivity contribution is 4.84. The number of hydrogen-bond donors (Lipinski definition) is 2. The van der Waals surface area contributed by atoms with Crippen LogP contribution in [-0.2, 0) is 0 Å². The average molecular weight is 228 g/mol. The lowest BCUT2D eigenvalue weighted by molar-refractivity contribution is 0.132. The summed E-state index contributed by atoms with van der Waals surface area (Å²) in [5.74, 6) is 0.787. The Morgan fingerprint density at radius 3 is 2.56 bits per heavy atom. The van der Waals surface area contributed by atoms with Crippen LogP contribution in [0, 0.1) is 11.3 Å². The maximum atomic E-state index is 8.84. The van der Waals surface area contributed by atoms with Gasteiger partial charge in [0, 0.05) is 25.7 Å². The fraction of sp³-hybridized carbons (Fsp3) is 1.00. The quantitative estimate of drug-likeness (QED) is 0.762. The fourth-order valence-electron chi connectivity index (χ4n) is 2.87. The van der Waals surface area contributed by atoms with Gasteiger partial charge in [-0.05, 0) is 31.2 Å². The average Bonchev–Trinajstić information content (AvgIpc) is 2.10. The molecule has 0 saturated carbocycles. The molecule has 0 spiro atoms. The number of hydrogen-bond acceptors (Lipinski definition) is 3. The first-order valence-electron chi connectivity index (χ1n) is 6.43. The van der Waals surface area contributed by atoms with Crippen molar-refractivity contribution in [1.82, 2.24) is 10.2 Å². The number of piperidine rings is 1. The second-order valence-corrected chi connectivity index (χ2v) is 6.46. The van der Waals surface area contributed by atoms with Crippen molar-refractivity contribution < 1.29 is 5.11 Å². The normalized spacial score (nSPS) is 28.3. The minimum atomic E-state index is 0.240. The Balaban J connectivity index is 2.41. The molecule has 0 aromatic rings. The van der Waals surface area contributed by atoms with Gasteiger partial charge in [0.2, 0.25) is 0 Å². The Morgan fingerprint density at radius 1 is 1.31 bits per heavy atom. The van der Waals surface area contributed by atoms with E-state index in [1.54, 1.807) is 0 Å². The molecule has 96 valence electrons. The predicted molar refractivity (Wildman–Crippen MR) is 68.6 cm³/mol. The summed E-state index contributed by atoms with van der Waals surface area (Å²) in [6.07, 6.45) is 2.54. The maximum absolute atomic E-state index is 8.84. The highest BCUT2D eigenvalue weighted by Gasteiger charge is 2.27. The van der Waals surface area contributed by atoms with Gasteiger partial charge in [-0.3, -0.25) is 0 Å². The third-order valence-corrected chi connectivity index (χ3v) is 3.17. The highest BCUT2D eigenvalue weighted by atomic mass is 16.3. The Hall–Kier alpha value is -0.120. The lowest BCUT2D eigenvalue weighted by Gasteiger charge is -2.38. The molecule has 3 heteroatoms. The predicted octanol–water partition coefficient (Wildman–Crippen LogP) is 1.32. The molecule has 0 bridgehead atoms. The first-order chi connectivity index (χ1) is 7.40. The molecule has 1 saturated heterocycles. The molecular weight excluding hydrogens is 200 g/mol. The van der Waals surface area contributed by atoms with Gasteiger partial charge in [0.25, 0.3) is 0 Å². The van der Waals surface area contributed by atoms with E-state index in [9.17, 15) is 0 Å². The van der Waals surface area contributed by atoms with Gasteiger partial charge < -0.3 is 15.3 Å². The summed E-state index contributed by atoms with van der Waals surface area (Å²) in [6, 6.07) is 0.554. The SMILES string of the molecule is CN1CC(CC(C)(C)C)CC(NCCO)C1. The largest absolute Gasteiger partial charge is 0.395 e. The molecular formula is C13H28N2O. The molecule has 1 fully saturated rings. The van der Waals surface area contributed by atoms with Crippen LogP contribution in [0.1, 0.15) is 33.6 Å². The number of likely N-dealkylation sites (N-methyl/N-ethyl adjacent to an activating group) is 1. The van der Waals surface area contributed by atoms with Crippen molar-refractivity contribution in [1.29, 1.82) is 0 Å². The standard InChI is InChI=1S/C13H28N2O/c1-13(2,3)8-11-7-12(14-5-6-16)10-15(4)9-11/h11-12,14,16H,5-10H2,1-4H3. The van der Waals surface area contributed by atoms with Crippen LogP contribution in [0.5, 0.6) is 0 Å². The zero-order valence-electron chi connectivity index (χ0n) is 11.3. The third-order valence-electron chi connectivity index (χ3n) is 3.17. The van der Waals surface area contributed by atoms with Gasteiger partial charge >= 0.3 is 0 Å². The molecule has 2 unspecified atom stereocenters. The minimum absolute atomic E-state index is 0.240. The zero-order valence-corrected chi connectivity index (χ0v) is 11.3. The van der Waals surface area contributed by atoms with E-state index in [0.29, 0.717) is 11.5 Å². The topological polar surface area (TPSA) is 35.5 Å². The Labute approximate surface area is 100 Å². The van der Waals surface area contributed by atoms with Crippen molar-refractivity contribution in [2.75, 3.05) is 33.3 Å². The van der Waals surface area contributed by atoms with E-state index in [2.05, 4.69) is 38.0 Å². The summed E-state index contributed by atoms with van der Waals surface area (Å²) in [5, 5.41) is 12.3. The first kappa shape index (κ1) is 13.9. The van der Waals surface area contributed by atoms with Crippen LogP contribution in [0.15, 0.2) is 0 Å². The number of nitrogens with zero attached hydrogens (tertiary/aromatic N) is 1. The molecule has 0 aromatic carbocycles. The summed E-state index contributed by atoms with van der Waals surface area (Å²) in [6.45, 7) is 10.2. The van der Waals surface area contributed by atoms with Crippen LogP contribution in [0.2, 0.25) is 0 Å². The lowest BCUT2D eigenvalue weighted by atomic mass is 9.80. The summed E-state index contributed by atoms with van der Waals surface area (Å²) >= 11 is 0. The first-order valence-corrected chi connectivity index (χ1v) is 6.43. The van der Waals surface area contributed by atoms with Gasteiger partial charge in [-0.1, -0.05) is 20.8 Å². The zero-order chi connectivity index (χ0) is 12.2. The van der Waals surface area contributed by atoms with Gasteiger partial charge in [0.1, 0.15) is 0 Å². The second kappa shape index (κ2) is 5.99. The van der Waals surface area contributed by atoms with E-state index in [4.69, 9.17) is 5.11 Å². The van der Waals surface area contributed by atoms with Crippen LogP contribution in [0.25, 0.3) is 0 Å². The molecule has 1 rings (SSSR count). The van der Waals surface area contributed by atoms with E-state index >= 15 is 0 Å². The molecule has 2 N–H and O–H groups in total. The van der Waals surface area contributed by atoms with Gasteiger partial charge in [-0.2, -0.15) is 0 Å². The molecule has 1 aliphatic rings. The van der Waals surface area contributed by atoms with E-state index in [0.717, 1.165) is 19.0 Å². The Bertz CT molecular complexity index is 201. The molecule has 3 nitrogen and oxygen atoms in total. The van der Waals surface area contributed by atoms with Crippen LogP contribution in [0.3, 0.4) is 0 Å². The monoisotopic (exact) mass is 228 g/mol. The van der Waals surface area contributed by atoms with Crippen molar-refractivity contribution >= 4 is 0 Å². The van der Waals surface area contributed by atoms with Crippen LogP contribution in [0.4, 0.5) is 0 Å². The molecule has 0 aromatic heterocycles. The molecule has 1 heterocycles. The van der Waals surface area contributed by atoms with Crippen LogP contribution < -0.4 is 5.32 Å². The van der Waals surface area contributed by atoms with Gasteiger partial charge in [-0.15, -0.1) is 0 Å². The summed E-state index contributed by atoms with van der Waals surface area (Å²) in [5.41, 5.74) is 0.421. The maximum Gasteiger partial charge on any atom is 0.0556 e. The van der Waals surface area contributed by atoms with E-state index in [-0.39, 0.29) is 6.61 Å². The Morgan fingerprint density at radius 2 is 2.00 bits per heavy atom. The second-order valence-electron chi connectivity index (χ2n) is 6.46. The van der Waals surface area contributed by atoms with E-state index in [1.165, 1.54) is 19.4 Å². The number of rotatable bonds is 4. The third kappa shape index (κ3) is 5.28. The van der Waals surface area contributed by atoms with Crippen molar-refractivity contribution in [2.45, 2.75) is 39.7 Å². The number of aliphatic hydroxyl groups excluding tert-OH is 1. The van der Waals surface area contributed by atoms with Crippen molar-refractivity contribution in [3.8, 4) is 0 Å². The summed E-state index contributed by atoms with van der Waals surface area (Å²) < 4.78 is 0. The van der Waals surface area contributed by atoms with Gasteiger partial charge in [0.05, 0.1) is 6.61 Å². The van der Waals surface area contributed by atoms with Gasteiger partial charge in [0.15, 0.2) is 0 Å². The highest BCUT2D eigenvalue weighted by Crippen LogP contribution is 2.29. The number of aliphatic hydroxyl groups is 1. The van der Waals surface area contributed by atoms with Crippen molar-refractivity contribution in [3.63, 3.8) is 0 Å². The minimum Gasteiger partial charge on any atom is -0.395 e. The lowest BCUT2D eigenvalue weighted by Crippen LogP contribution is -2.48. The fourth-order valence-corrected chi connectivity index (χ4v) is 2.87. The number of nitrogens with one attached hydrogen (secondary N) is 1. The molecule has 2 atom stereocenters. The molecule has 0 amide bonds. The molecule has 1 aliphatic heterocycles. The van der Waals surface area contributed by atoms with E-state index in [1.807, 2.05) is 0 Å². The van der Waals surface area contributed by atoms with Crippen molar-refractivity contribution in [3.05, 3.63) is 0 Å². The Kier molecular flexibility index (Phi) is 5.22. The van der Waals surface area contributed by atoms with Crippen LogP contribution >= 0.6 is 0 Å². The smallest absolute Gasteiger partial charge is 0.0556 e. The summed E-state index contributed by atoms with van der Waals surface area (Å²) in [4.78, 5) is 2.41. The van der Waals surface area contributed by atoms with Crippen molar-refractivity contribution in [2.24, 2.45) is 11.3 Å².